The maximum absolute atomic E-state index is 13.0. The lowest BCUT2D eigenvalue weighted by Crippen LogP contribution is -2.32. The van der Waals surface area contributed by atoms with Gasteiger partial charge in [-0.15, -0.1) is 0 Å². The summed E-state index contributed by atoms with van der Waals surface area (Å²) >= 11 is 0. The summed E-state index contributed by atoms with van der Waals surface area (Å²) in [7, 11) is 1.54. The van der Waals surface area contributed by atoms with E-state index in [1.165, 1.54) is 12.0 Å². The second-order valence-electron chi connectivity index (χ2n) is 8.19. The Morgan fingerprint density at radius 3 is 2.26 bits per heavy atom. The third kappa shape index (κ3) is 4.87. The third-order valence-electron chi connectivity index (χ3n) is 5.85. The molecule has 0 aromatic heterocycles. The van der Waals surface area contributed by atoms with Crippen molar-refractivity contribution in [2.45, 2.75) is 19.6 Å². The summed E-state index contributed by atoms with van der Waals surface area (Å²) in [5.74, 6) is -0.878. The summed E-state index contributed by atoms with van der Waals surface area (Å²) < 4.78 is 11.0. The van der Waals surface area contributed by atoms with E-state index >= 15 is 0 Å². The number of aryl methyl sites for hydroxylation is 1. The van der Waals surface area contributed by atoms with Gasteiger partial charge >= 0.3 is 0 Å². The summed E-state index contributed by atoms with van der Waals surface area (Å²) in [5.41, 5.74) is 3.35. The lowest BCUT2D eigenvalue weighted by atomic mass is 9.95. The summed E-state index contributed by atoms with van der Waals surface area (Å²) in [5, 5.41) is 11.1. The number of amides is 1. The first-order valence-corrected chi connectivity index (χ1v) is 11.1. The number of Topliss-reactive ketones (excluding diaryl/α,β-unsaturated/α-hetero) is 1. The fourth-order valence-electron chi connectivity index (χ4n) is 4.00. The van der Waals surface area contributed by atoms with Gasteiger partial charge in [-0.05, 0) is 30.2 Å². The number of hydrogen-bond acceptors (Lipinski definition) is 5. The Balaban J connectivity index is 1.67. The highest BCUT2D eigenvalue weighted by Crippen LogP contribution is 2.39. The van der Waals surface area contributed by atoms with Crippen LogP contribution in [0.15, 0.2) is 84.4 Å². The molecule has 0 bridgehead atoms. The standard InChI is InChI=1S/C28H27NO5/c1-19-8-10-22(11-9-19)26(30)24-25(29(16-17-33-2)28(32)27(24)31)21-12-14-23(15-13-21)34-18-20-6-4-3-5-7-20/h3-15,25,30H,16-18H2,1-2H3/b26-24-. The number of likely N-dealkylation sites (tertiary alicyclic amines) is 1. The highest BCUT2D eigenvalue weighted by Gasteiger charge is 2.45. The first-order valence-electron chi connectivity index (χ1n) is 11.1. The first kappa shape index (κ1) is 23.3. The number of carbonyl (C=O) groups excluding carboxylic acids is 2. The van der Waals surface area contributed by atoms with Crippen molar-refractivity contribution in [1.29, 1.82) is 0 Å². The van der Waals surface area contributed by atoms with Gasteiger partial charge in [0.05, 0.1) is 18.2 Å². The minimum Gasteiger partial charge on any atom is -0.507 e. The van der Waals surface area contributed by atoms with Gasteiger partial charge in [-0.3, -0.25) is 9.59 Å². The van der Waals surface area contributed by atoms with Crippen LogP contribution in [0.5, 0.6) is 5.75 Å². The van der Waals surface area contributed by atoms with Crippen LogP contribution in [0.25, 0.3) is 5.76 Å². The molecule has 6 heteroatoms. The highest BCUT2D eigenvalue weighted by molar-refractivity contribution is 6.46. The molecule has 3 aromatic rings. The van der Waals surface area contributed by atoms with Crippen LogP contribution in [0, 0.1) is 6.92 Å². The van der Waals surface area contributed by atoms with Crippen molar-refractivity contribution < 1.29 is 24.2 Å². The number of carbonyl (C=O) groups is 2. The average Bonchev–Trinajstić information content (AvgIpc) is 3.12. The molecule has 1 unspecified atom stereocenters. The van der Waals surface area contributed by atoms with Gasteiger partial charge in [0, 0.05) is 19.2 Å². The van der Waals surface area contributed by atoms with E-state index in [1.54, 1.807) is 24.3 Å². The smallest absolute Gasteiger partial charge is 0.295 e. The van der Waals surface area contributed by atoms with Crippen LogP contribution in [0.1, 0.15) is 28.3 Å². The van der Waals surface area contributed by atoms with Crippen LogP contribution in [-0.4, -0.2) is 42.0 Å². The number of aliphatic hydroxyl groups excluding tert-OH is 1. The lowest BCUT2D eigenvalue weighted by Gasteiger charge is -2.25. The van der Waals surface area contributed by atoms with E-state index in [2.05, 4.69) is 0 Å². The van der Waals surface area contributed by atoms with Crippen LogP contribution in [0.3, 0.4) is 0 Å². The molecular weight excluding hydrogens is 430 g/mol. The van der Waals surface area contributed by atoms with Crippen LogP contribution in [0.2, 0.25) is 0 Å². The van der Waals surface area contributed by atoms with Crippen molar-refractivity contribution in [3.63, 3.8) is 0 Å². The quantitative estimate of drug-likeness (QED) is 0.303. The molecule has 6 nitrogen and oxygen atoms in total. The molecule has 0 aliphatic carbocycles. The van der Waals surface area contributed by atoms with Crippen molar-refractivity contribution in [1.82, 2.24) is 4.90 Å². The molecule has 34 heavy (non-hydrogen) atoms. The van der Waals surface area contributed by atoms with E-state index < -0.39 is 17.7 Å². The molecule has 4 rings (SSSR count). The Bertz CT molecular complexity index is 1180. The second kappa shape index (κ2) is 10.4. The molecule has 1 aliphatic rings. The molecule has 0 spiro atoms. The van der Waals surface area contributed by atoms with E-state index in [9.17, 15) is 14.7 Å². The average molecular weight is 458 g/mol. The maximum Gasteiger partial charge on any atom is 0.295 e. The van der Waals surface area contributed by atoms with Gasteiger partial charge < -0.3 is 19.5 Å². The molecule has 1 atom stereocenters. The van der Waals surface area contributed by atoms with Gasteiger partial charge in [0.2, 0.25) is 0 Å². The zero-order chi connectivity index (χ0) is 24.1. The molecule has 0 saturated carbocycles. The number of nitrogens with zero attached hydrogens (tertiary/aromatic N) is 1. The number of hydrogen-bond donors (Lipinski definition) is 1. The third-order valence-corrected chi connectivity index (χ3v) is 5.85. The predicted octanol–water partition coefficient (Wildman–Crippen LogP) is 4.64. The monoisotopic (exact) mass is 457 g/mol. The molecule has 0 radical (unpaired) electrons. The topological polar surface area (TPSA) is 76.1 Å². The molecule has 1 heterocycles. The zero-order valence-corrected chi connectivity index (χ0v) is 19.2. The Labute approximate surface area is 199 Å². The largest absolute Gasteiger partial charge is 0.507 e. The minimum atomic E-state index is -0.723. The Hall–Kier alpha value is -3.90. The predicted molar refractivity (Wildman–Crippen MR) is 129 cm³/mol. The maximum atomic E-state index is 13.0. The van der Waals surface area contributed by atoms with E-state index in [1.807, 2.05) is 61.5 Å². The van der Waals surface area contributed by atoms with Crippen LogP contribution in [0.4, 0.5) is 0 Å². The van der Waals surface area contributed by atoms with Crippen molar-refractivity contribution in [2.24, 2.45) is 0 Å². The summed E-state index contributed by atoms with van der Waals surface area (Å²) in [4.78, 5) is 27.3. The van der Waals surface area contributed by atoms with Gasteiger partial charge in [-0.25, -0.2) is 0 Å². The first-order chi connectivity index (χ1) is 16.5. The molecule has 1 saturated heterocycles. The highest BCUT2D eigenvalue weighted by atomic mass is 16.5. The van der Waals surface area contributed by atoms with Crippen LogP contribution >= 0.6 is 0 Å². The molecule has 174 valence electrons. The number of ether oxygens (including phenoxy) is 2. The number of benzene rings is 3. The van der Waals surface area contributed by atoms with Crippen LogP contribution in [-0.2, 0) is 20.9 Å². The summed E-state index contributed by atoms with van der Waals surface area (Å²) in [6, 6.07) is 23.6. The summed E-state index contributed by atoms with van der Waals surface area (Å²) in [6.07, 6.45) is 0. The van der Waals surface area contributed by atoms with Gasteiger partial charge in [-0.1, -0.05) is 72.3 Å². The van der Waals surface area contributed by atoms with Gasteiger partial charge in [0.15, 0.2) is 0 Å². The zero-order valence-electron chi connectivity index (χ0n) is 19.2. The number of methoxy groups -OCH3 is 1. The molecule has 1 aliphatic heterocycles. The Kier molecular flexibility index (Phi) is 7.09. The van der Waals surface area contributed by atoms with E-state index in [-0.39, 0.29) is 24.5 Å². The van der Waals surface area contributed by atoms with Crippen molar-refractivity contribution >= 4 is 17.4 Å². The number of rotatable bonds is 8. The minimum absolute atomic E-state index is 0.0721. The molecule has 3 aromatic carbocycles. The van der Waals surface area contributed by atoms with Crippen molar-refractivity contribution in [2.75, 3.05) is 20.3 Å². The Morgan fingerprint density at radius 1 is 0.941 bits per heavy atom. The molecule has 1 amide bonds. The fourth-order valence-corrected chi connectivity index (χ4v) is 4.00. The second-order valence-corrected chi connectivity index (χ2v) is 8.19. The number of aliphatic hydroxyl groups is 1. The van der Waals surface area contributed by atoms with Crippen molar-refractivity contribution in [3.8, 4) is 5.75 Å². The lowest BCUT2D eigenvalue weighted by molar-refractivity contribution is -0.140. The SMILES string of the molecule is COCCN1C(=O)C(=O)/C(=C(\O)c2ccc(C)cc2)C1c1ccc(OCc2ccccc2)cc1. The number of ketones is 1. The van der Waals surface area contributed by atoms with E-state index in [0.717, 1.165) is 11.1 Å². The van der Waals surface area contributed by atoms with Gasteiger partial charge in [0.1, 0.15) is 18.1 Å². The Morgan fingerprint density at radius 2 is 1.62 bits per heavy atom. The molecule has 1 fully saturated rings. The normalized spacial score (nSPS) is 17.2. The van der Waals surface area contributed by atoms with E-state index in [0.29, 0.717) is 23.5 Å². The van der Waals surface area contributed by atoms with E-state index in [4.69, 9.17) is 9.47 Å². The van der Waals surface area contributed by atoms with Crippen molar-refractivity contribution in [3.05, 3.63) is 107 Å². The van der Waals surface area contributed by atoms with Gasteiger partial charge in [-0.2, -0.15) is 0 Å². The fraction of sp³-hybridized carbons (Fsp3) is 0.214. The molecular formula is C28H27NO5. The van der Waals surface area contributed by atoms with Crippen LogP contribution < -0.4 is 4.74 Å². The molecule has 1 N–H and O–H groups in total. The summed E-state index contributed by atoms with van der Waals surface area (Å²) in [6.45, 7) is 2.86. The van der Waals surface area contributed by atoms with Gasteiger partial charge in [0.25, 0.3) is 11.7 Å².